The van der Waals surface area contributed by atoms with Gasteiger partial charge in [-0.1, -0.05) is 37.3 Å². The van der Waals surface area contributed by atoms with E-state index in [4.69, 9.17) is 0 Å². The number of para-hydroxylation sites is 1. The van der Waals surface area contributed by atoms with E-state index in [9.17, 15) is 4.79 Å². The van der Waals surface area contributed by atoms with Crippen molar-refractivity contribution in [1.82, 2.24) is 4.98 Å². The molecule has 0 saturated heterocycles. The first kappa shape index (κ1) is 14.3. The van der Waals surface area contributed by atoms with Gasteiger partial charge in [0.25, 0.3) is 0 Å². The number of fused-ring (bicyclic) bond motifs is 1. The lowest BCUT2D eigenvalue weighted by atomic mass is 10.00. The van der Waals surface area contributed by atoms with Gasteiger partial charge in [-0.2, -0.15) is 0 Å². The zero-order chi connectivity index (χ0) is 15.0. The van der Waals surface area contributed by atoms with E-state index in [-0.39, 0.29) is 5.78 Å². The van der Waals surface area contributed by atoms with Crippen LogP contribution in [-0.2, 0) is 6.42 Å². The van der Waals surface area contributed by atoms with E-state index in [0.29, 0.717) is 0 Å². The molecule has 1 heterocycles. The fourth-order valence-electron chi connectivity index (χ4n) is 2.67. The van der Waals surface area contributed by atoms with Crippen molar-refractivity contribution in [1.29, 1.82) is 0 Å². The van der Waals surface area contributed by atoms with Gasteiger partial charge in [0.2, 0.25) is 0 Å². The molecular formula is C18H16INO. The Balaban J connectivity index is 2.17. The molecule has 0 aliphatic rings. The average molecular weight is 389 g/mol. The fourth-order valence-corrected chi connectivity index (χ4v) is 3.27. The summed E-state index contributed by atoms with van der Waals surface area (Å²) in [4.78, 5) is 16.1. The molecule has 0 saturated carbocycles. The van der Waals surface area contributed by atoms with Crippen molar-refractivity contribution in [3.05, 3.63) is 68.4 Å². The van der Waals surface area contributed by atoms with Crippen molar-refractivity contribution in [2.24, 2.45) is 0 Å². The molecule has 3 rings (SSSR count). The van der Waals surface area contributed by atoms with Crippen LogP contribution in [0.3, 0.4) is 0 Å². The standard InChI is InChI=1S/C18H16INO/c1-3-12-7-5-8-13-15(10-20-17(12)13)18(21)14-9-4-6-11(2)16(14)19/h4-10,20H,3H2,1-2H3. The molecule has 0 radical (unpaired) electrons. The molecule has 2 aromatic carbocycles. The Morgan fingerprint density at radius 2 is 1.90 bits per heavy atom. The summed E-state index contributed by atoms with van der Waals surface area (Å²) in [5, 5.41) is 1.01. The Bertz CT molecular complexity index is 832. The van der Waals surface area contributed by atoms with E-state index in [1.54, 1.807) is 0 Å². The molecule has 0 aliphatic carbocycles. The van der Waals surface area contributed by atoms with E-state index in [1.807, 2.05) is 43.5 Å². The third kappa shape index (κ3) is 2.39. The quantitative estimate of drug-likeness (QED) is 0.503. The summed E-state index contributed by atoms with van der Waals surface area (Å²) < 4.78 is 1.03. The molecule has 3 heteroatoms. The van der Waals surface area contributed by atoms with E-state index >= 15 is 0 Å². The van der Waals surface area contributed by atoms with Crippen LogP contribution in [0.25, 0.3) is 10.9 Å². The van der Waals surface area contributed by atoms with Crippen LogP contribution in [-0.4, -0.2) is 10.8 Å². The largest absolute Gasteiger partial charge is 0.360 e. The second-order valence-corrected chi connectivity index (χ2v) is 6.24. The first-order chi connectivity index (χ1) is 10.1. The Morgan fingerprint density at radius 3 is 2.67 bits per heavy atom. The summed E-state index contributed by atoms with van der Waals surface area (Å²) in [6, 6.07) is 12.0. The lowest BCUT2D eigenvalue weighted by Crippen LogP contribution is -2.04. The molecular weight excluding hydrogens is 373 g/mol. The van der Waals surface area contributed by atoms with Crippen molar-refractivity contribution >= 4 is 39.3 Å². The van der Waals surface area contributed by atoms with Gasteiger partial charge in [0.05, 0.1) is 0 Å². The molecule has 106 valence electrons. The maximum absolute atomic E-state index is 12.9. The number of ketones is 1. The zero-order valence-electron chi connectivity index (χ0n) is 12.0. The molecule has 0 atom stereocenters. The number of aromatic amines is 1. The Kier molecular flexibility index (Phi) is 3.85. The topological polar surface area (TPSA) is 32.9 Å². The summed E-state index contributed by atoms with van der Waals surface area (Å²) >= 11 is 2.25. The van der Waals surface area contributed by atoms with Gasteiger partial charge in [0.15, 0.2) is 5.78 Å². The molecule has 0 amide bonds. The number of H-pyrrole nitrogens is 1. The number of hydrogen-bond acceptors (Lipinski definition) is 1. The van der Waals surface area contributed by atoms with Crippen LogP contribution in [0.4, 0.5) is 0 Å². The Labute approximate surface area is 137 Å². The molecule has 1 aromatic heterocycles. The third-order valence-corrected chi connectivity index (χ3v) is 5.30. The maximum atomic E-state index is 12.9. The first-order valence-corrected chi connectivity index (χ1v) is 8.10. The molecule has 0 fully saturated rings. The smallest absolute Gasteiger partial charge is 0.196 e. The van der Waals surface area contributed by atoms with Gasteiger partial charge in [-0.05, 0) is 53.1 Å². The number of rotatable bonds is 3. The molecule has 21 heavy (non-hydrogen) atoms. The number of benzene rings is 2. The normalized spacial score (nSPS) is 11.0. The van der Waals surface area contributed by atoms with Crippen molar-refractivity contribution in [3.63, 3.8) is 0 Å². The predicted molar refractivity (Wildman–Crippen MR) is 95.0 cm³/mol. The highest BCUT2D eigenvalue weighted by molar-refractivity contribution is 14.1. The predicted octanol–water partition coefficient (Wildman–Crippen LogP) is 4.87. The van der Waals surface area contributed by atoms with Crippen LogP contribution < -0.4 is 0 Å². The van der Waals surface area contributed by atoms with Crippen LogP contribution in [0.5, 0.6) is 0 Å². The minimum atomic E-state index is 0.0857. The number of aryl methyl sites for hydroxylation is 2. The van der Waals surface area contributed by atoms with Crippen LogP contribution in [0.1, 0.15) is 34.0 Å². The van der Waals surface area contributed by atoms with Gasteiger partial charge in [0.1, 0.15) is 0 Å². The zero-order valence-corrected chi connectivity index (χ0v) is 14.2. The SMILES string of the molecule is CCc1cccc2c(C(=O)c3cccc(C)c3I)c[nH]c12. The summed E-state index contributed by atoms with van der Waals surface area (Å²) in [5.74, 6) is 0.0857. The molecule has 0 unspecified atom stereocenters. The molecule has 0 spiro atoms. The number of aromatic nitrogens is 1. The molecule has 0 aliphatic heterocycles. The van der Waals surface area contributed by atoms with Crippen LogP contribution in [0.15, 0.2) is 42.6 Å². The van der Waals surface area contributed by atoms with Crippen LogP contribution in [0.2, 0.25) is 0 Å². The Hall–Kier alpha value is -1.62. The lowest BCUT2D eigenvalue weighted by molar-refractivity contribution is 0.103. The number of carbonyl (C=O) groups is 1. The summed E-state index contributed by atoms with van der Waals surface area (Å²) in [6.07, 6.45) is 2.79. The van der Waals surface area contributed by atoms with Crippen molar-refractivity contribution in [2.75, 3.05) is 0 Å². The minimum Gasteiger partial charge on any atom is -0.360 e. The second kappa shape index (κ2) is 5.64. The molecule has 0 bridgehead atoms. The second-order valence-electron chi connectivity index (χ2n) is 5.16. The van der Waals surface area contributed by atoms with E-state index in [0.717, 1.165) is 37.6 Å². The number of carbonyl (C=O) groups excluding carboxylic acids is 1. The molecule has 3 aromatic rings. The number of halogens is 1. The molecule has 2 nitrogen and oxygen atoms in total. The highest BCUT2D eigenvalue weighted by Crippen LogP contribution is 2.26. The lowest BCUT2D eigenvalue weighted by Gasteiger charge is -2.06. The van der Waals surface area contributed by atoms with Gasteiger partial charge in [-0.25, -0.2) is 0 Å². The van der Waals surface area contributed by atoms with Crippen LogP contribution >= 0.6 is 22.6 Å². The van der Waals surface area contributed by atoms with Gasteiger partial charge < -0.3 is 4.98 Å². The van der Waals surface area contributed by atoms with E-state index in [1.165, 1.54) is 5.56 Å². The summed E-state index contributed by atoms with van der Waals surface area (Å²) in [5.41, 5.74) is 4.98. The average Bonchev–Trinajstić information content (AvgIpc) is 2.93. The van der Waals surface area contributed by atoms with Gasteiger partial charge >= 0.3 is 0 Å². The highest BCUT2D eigenvalue weighted by Gasteiger charge is 2.18. The monoisotopic (exact) mass is 389 g/mol. The minimum absolute atomic E-state index is 0.0857. The number of nitrogens with one attached hydrogen (secondary N) is 1. The van der Waals surface area contributed by atoms with Crippen molar-refractivity contribution in [2.45, 2.75) is 20.3 Å². The first-order valence-electron chi connectivity index (χ1n) is 7.02. The van der Waals surface area contributed by atoms with Gasteiger partial charge in [0, 0.05) is 31.8 Å². The Morgan fingerprint density at radius 1 is 1.14 bits per heavy atom. The third-order valence-electron chi connectivity index (χ3n) is 3.86. The number of hydrogen-bond donors (Lipinski definition) is 1. The maximum Gasteiger partial charge on any atom is 0.196 e. The van der Waals surface area contributed by atoms with E-state index in [2.05, 4.69) is 40.6 Å². The van der Waals surface area contributed by atoms with Gasteiger partial charge in [-0.3, -0.25) is 4.79 Å². The fraction of sp³-hybridized carbons (Fsp3) is 0.167. The summed E-state index contributed by atoms with van der Waals surface area (Å²) in [6.45, 7) is 4.16. The van der Waals surface area contributed by atoms with Crippen molar-refractivity contribution in [3.8, 4) is 0 Å². The van der Waals surface area contributed by atoms with E-state index < -0.39 is 0 Å². The molecule has 1 N–H and O–H groups in total. The van der Waals surface area contributed by atoms with Gasteiger partial charge in [-0.15, -0.1) is 0 Å². The summed E-state index contributed by atoms with van der Waals surface area (Å²) in [7, 11) is 0. The highest BCUT2D eigenvalue weighted by atomic mass is 127. The van der Waals surface area contributed by atoms with Crippen molar-refractivity contribution < 1.29 is 4.79 Å². The van der Waals surface area contributed by atoms with Crippen LogP contribution in [0, 0.1) is 10.5 Å².